The number of hydrogen-bond acceptors (Lipinski definition) is 4. The summed E-state index contributed by atoms with van der Waals surface area (Å²) in [5, 5.41) is 8.74. The second kappa shape index (κ2) is 7.58. The topological polar surface area (TPSA) is 42.3 Å². The van der Waals surface area contributed by atoms with E-state index in [0.717, 1.165) is 55.7 Å². The SMILES string of the molecule is Cc1nn(CC(C)C)c(Cl)c1CNCC1CN(C)CCO1. The molecule has 1 aromatic rings. The molecule has 0 aromatic carbocycles. The number of aryl methyl sites for hydroxylation is 1. The van der Waals surface area contributed by atoms with Crippen molar-refractivity contribution in [2.45, 2.75) is 40.0 Å². The lowest BCUT2D eigenvalue weighted by atomic mass is 10.2. The van der Waals surface area contributed by atoms with Gasteiger partial charge in [0.25, 0.3) is 0 Å². The summed E-state index contributed by atoms with van der Waals surface area (Å²) in [5.74, 6) is 0.536. The average molecular weight is 315 g/mol. The van der Waals surface area contributed by atoms with Crippen molar-refractivity contribution in [3.8, 4) is 0 Å². The van der Waals surface area contributed by atoms with Gasteiger partial charge in [0.15, 0.2) is 0 Å². The van der Waals surface area contributed by atoms with Crippen molar-refractivity contribution in [3.05, 3.63) is 16.4 Å². The van der Waals surface area contributed by atoms with Crippen LogP contribution in [0.4, 0.5) is 0 Å². The summed E-state index contributed by atoms with van der Waals surface area (Å²) in [4.78, 5) is 2.30. The van der Waals surface area contributed by atoms with E-state index >= 15 is 0 Å². The van der Waals surface area contributed by atoms with Gasteiger partial charge in [-0.25, -0.2) is 0 Å². The molecule has 1 aromatic heterocycles. The van der Waals surface area contributed by atoms with Crippen LogP contribution in [-0.2, 0) is 17.8 Å². The number of nitrogens with one attached hydrogen (secondary N) is 1. The second-order valence-electron chi connectivity index (χ2n) is 6.32. The van der Waals surface area contributed by atoms with Crippen molar-refractivity contribution in [2.24, 2.45) is 5.92 Å². The highest BCUT2D eigenvalue weighted by atomic mass is 35.5. The largest absolute Gasteiger partial charge is 0.374 e. The van der Waals surface area contributed by atoms with Crippen molar-refractivity contribution in [1.29, 1.82) is 0 Å². The number of nitrogens with zero attached hydrogens (tertiary/aromatic N) is 3. The van der Waals surface area contributed by atoms with E-state index in [-0.39, 0.29) is 6.10 Å². The first kappa shape index (κ1) is 16.7. The van der Waals surface area contributed by atoms with Crippen LogP contribution >= 0.6 is 11.6 Å². The summed E-state index contributed by atoms with van der Waals surface area (Å²) >= 11 is 6.44. The standard InChI is InChI=1S/C15H27ClN4O/c1-11(2)9-20-15(16)14(12(3)18-20)8-17-7-13-10-19(4)5-6-21-13/h11,13,17H,5-10H2,1-4H3. The maximum absolute atomic E-state index is 6.44. The molecular weight excluding hydrogens is 288 g/mol. The molecule has 2 rings (SSSR count). The third-order valence-electron chi connectivity index (χ3n) is 3.74. The van der Waals surface area contributed by atoms with Gasteiger partial charge in [-0.15, -0.1) is 0 Å². The summed E-state index contributed by atoms with van der Waals surface area (Å²) in [7, 11) is 2.13. The minimum atomic E-state index is 0.258. The van der Waals surface area contributed by atoms with Crippen LogP contribution in [0.25, 0.3) is 0 Å². The van der Waals surface area contributed by atoms with E-state index in [1.807, 2.05) is 11.6 Å². The molecule has 1 atom stereocenters. The molecular formula is C15H27ClN4O. The normalized spacial score (nSPS) is 20.4. The highest BCUT2D eigenvalue weighted by molar-refractivity contribution is 6.30. The first-order valence-corrected chi connectivity index (χ1v) is 8.07. The summed E-state index contributed by atoms with van der Waals surface area (Å²) < 4.78 is 7.65. The van der Waals surface area contributed by atoms with Crippen LogP contribution in [0.3, 0.4) is 0 Å². The lowest BCUT2D eigenvalue weighted by Gasteiger charge is -2.30. The number of morpholine rings is 1. The van der Waals surface area contributed by atoms with E-state index in [2.05, 4.69) is 36.2 Å². The Morgan fingerprint density at radius 2 is 2.24 bits per heavy atom. The maximum atomic E-state index is 6.44. The average Bonchev–Trinajstić information content (AvgIpc) is 2.65. The zero-order chi connectivity index (χ0) is 15.4. The lowest BCUT2D eigenvalue weighted by molar-refractivity contribution is -0.0182. The second-order valence-corrected chi connectivity index (χ2v) is 6.67. The highest BCUT2D eigenvalue weighted by Gasteiger charge is 2.18. The van der Waals surface area contributed by atoms with E-state index in [4.69, 9.17) is 16.3 Å². The third kappa shape index (κ3) is 4.68. The molecule has 0 radical (unpaired) electrons. The summed E-state index contributed by atoms with van der Waals surface area (Å²) in [6.45, 7) is 11.6. The van der Waals surface area contributed by atoms with Crippen molar-refractivity contribution >= 4 is 11.6 Å². The van der Waals surface area contributed by atoms with Crippen LogP contribution in [0.1, 0.15) is 25.1 Å². The Hall–Kier alpha value is -0.620. The van der Waals surface area contributed by atoms with Crippen molar-refractivity contribution < 1.29 is 4.74 Å². The fourth-order valence-corrected chi connectivity index (χ4v) is 2.92. The van der Waals surface area contributed by atoms with Gasteiger partial charge in [-0.3, -0.25) is 4.68 Å². The molecule has 1 N–H and O–H groups in total. The van der Waals surface area contributed by atoms with Crippen LogP contribution < -0.4 is 5.32 Å². The van der Waals surface area contributed by atoms with Crippen LogP contribution in [-0.4, -0.2) is 54.1 Å². The molecule has 0 spiro atoms. The Bertz CT molecular complexity index is 461. The Balaban J connectivity index is 1.86. The number of rotatable bonds is 6. The third-order valence-corrected chi connectivity index (χ3v) is 4.16. The molecule has 0 bridgehead atoms. The van der Waals surface area contributed by atoms with E-state index in [1.165, 1.54) is 0 Å². The fraction of sp³-hybridized carbons (Fsp3) is 0.800. The quantitative estimate of drug-likeness (QED) is 0.871. The molecule has 1 aliphatic heterocycles. The smallest absolute Gasteiger partial charge is 0.131 e. The Morgan fingerprint density at radius 1 is 1.48 bits per heavy atom. The molecule has 120 valence electrons. The highest BCUT2D eigenvalue weighted by Crippen LogP contribution is 2.20. The minimum Gasteiger partial charge on any atom is -0.374 e. The van der Waals surface area contributed by atoms with Crippen molar-refractivity contribution in [2.75, 3.05) is 33.3 Å². The van der Waals surface area contributed by atoms with Gasteiger partial charge in [-0.1, -0.05) is 25.4 Å². The van der Waals surface area contributed by atoms with E-state index in [9.17, 15) is 0 Å². The van der Waals surface area contributed by atoms with Crippen LogP contribution in [0.5, 0.6) is 0 Å². The van der Waals surface area contributed by atoms with E-state index < -0.39 is 0 Å². The number of likely N-dealkylation sites (N-methyl/N-ethyl adjacent to an activating group) is 1. The van der Waals surface area contributed by atoms with Gasteiger partial charge in [0, 0.05) is 38.3 Å². The number of hydrogen-bond donors (Lipinski definition) is 1. The number of halogens is 1. The van der Waals surface area contributed by atoms with Gasteiger partial charge in [0.2, 0.25) is 0 Å². The molecule has 21 heavy (non-hydrogen) atoms. The van der Waals surface area contributed by atoms with Gasteiger partial charge in [-0.2, -0.15) is 5.10 Å². The van der Waals surface area contributed by atoms with Crippen molar-refractivity contribution in [3.63, 3.8) is 0 Å². The minimum absolute atomic E-state index is 0.258. The predicted octanol–water partition coefficient (Wildman–Crippen LogP) is 1.92. The zero-order valence-electron chi connectivity index (χ0n) is 13.5. The maximum Gasteiger partial charge on any atom is 0.131 e. The van der Waals surface area contributed by atoms with Gasteiger partial charge in [0.05, 0.1) is 18.4 Å². The summed E-state index contributed by atoms with van der Waals surface area (Å²) in [6.07, 6.45) is 0.258. The number of ether oxygens (including phenoxy) is 1. The van der Waals surface area contributed by atoms with Crippen LogP contribution in [0.15, 0.2) is 0 Å². The molecule has 2 heterocycles. The Labute approximate surface area is 132 Å². The van der Waals surface area contributed by atoms with Gasteiger partial charge in [-0.05, 0) is 19.9 Å². The number of aromatic nitrogens is 2. The molecule has 1 saturated heterocycles. The van der Waals surface area contributed by atoms with Crippen molar-refractivity contribution in [1.82, 2.24) is 20.0 Å². The van der Waals surface area contributed by atoms with Crippen LogP contribution in [0, 0.1) is 12.8 Å². The molecule has 1 aliphatic rings. The Morgan fingerprint density at radius 3 is 2.90 bits per heavy atom. The van der Waals surface area contributed by atoms with E-state index in [1.54, 1.807) is 0 Å². The Kier molecular flexibility index (Phi) is 6.05. The fourth-order valence-electron chi connectivity index (χ4n) is 2.61. The molecule has 0 saturated carbocycles. The lowest BCUT2D eigenvalue weighted by Crippen LogP contribution is -2.44. The van der Waals surface area contributed by atoms with Gasteiger partial charge >= 0.3 is 0 Å². The zero-order valence-corrected chi connectivity index (χ0v) is 14.3. The first-order valence-electron chi connectivity index (χ1n) is 7.70. The van der Waals surface area contributed by atoms with E-state index in [0.29, 0.717) is 5.92 Å². The predicted molar refractivity (Wildman–Crippen MR) is 85.8 cm³/mol. The molecule has 1 fully saturated rings. The molecule has 6 heteroatoms. The van der Waals surface area contributed by atoms with Gasteiger partial charge in [0.1, 0.15) is 5.15 Å². The summed E-state index contributed by atoms with van der Waals surface area (Å²) in [5.41, 5.74) is 2.11. The summed E-state index contributed by atoms with van der Waals surface area (Å²) in [6, 6.07) is 0. The molecule has 0 aliphatic carbocycles. The van der Waals surface area contributed by atoms with Crippen LogP contribution in [0.2, 0.25) is 5.15 Å². The first-order chi connectivity index (χ1) is 9.97. The molecule has 5 nitrogen and oxygen atoms in total. The molecule has 0 amide bonds. The van der Waals surface area contributed by atoms with Gasteiger partial charge < -0.3 is 15.0 Å². The molecule has 1 unspecified atom stereocenters. The monoisotopic (exact) mass is 314 g/mol.